The molecule has 0 spiro atoms. The molecule has 10 aromatic rings. The number of fused-ring (bicyclic) bond motifs is 9. The van der Waals surface area contributed by atoms with Crippen molar-refractivity contribution in [2.24, 2.45) is 0 Å². The highest BCUT2D eigenvalue weighted by atomic mass is 16.3. The molecule has 0 atom stereocenters. The van der Waals surface area contributed by atoms with Crippen LogP contribution in [0.5, 0.6) is 0 Å². The van der Waals surface area contributed by atoms with E-state index in [1.54, 1.807) is 0 Å². The molecule has 0 radical (unpaired) electrons. The van der Waals surface area contributed by atoms with Gasteiger partial charge in [-0.1, -0.05) is 146 Å². The van der Waals surface area contributed by atoms with Crippen molar-refractivity contribution < 1.29 is 4.42 Å². The molecule has 0 fully saturated rings. The molecule has 0 saturated carbocycles. The highest BCUT2D eigenvalue weighted by Crippen LogP contribution is 2.44. The molecule has 0 aliphatic carbocycles. The van der Waals surface area contributed by atoms with E-state index in [9.17, 15) is 0 Å². The van der Waals surface area contributed by atoms with Crippen LogP contribution in [0.2, 0.25) is 0 Å². The Hall–Kier alpha value is -6.65. The Morgan fingerprint density at radius 2 is 0.898 bits per heavy atom. The molecule has 0 N–H and O–H groups in total. The molecule has 2 aromatic heterocycles. The van der Waals surface area contributed by atoms with E-state index in [0.717, 1.165) is 60.2 Å². The normalized spacial score (nSPS) is 11.7. The van der Waals surface area contributed by atoms with Crippen LogP contribution in [0.25, 0.3) is 99.5 Å². The molecule has 2 heterocycles. The van der Waals surface area contributed by atoms with E-state index < -0.39 is 0 Å². The maximum Gasteiger partial charge on any atom is 0.164 e. The van der Waals surface area contributed by atoms with Crippen LogP contribution in [-0.4, -0.2) is 15.0 Å². The smallest absolute Gasteiger partial charge is 0.164 e. The summed E-state index contributed by atoms with van der Waals surface area (Å²) in [6.07, 6.45) is 0. The zero-order valence-corrected chi connectivity index (χ0v) is 26.3. The highest BCUT2D eigenvalue weighted by molar-refractivity contribution is 6.32. The van der Waals surface area contributed by atoms with Crippen molar-refractivity contribution >= 4 is 54.3 Å². The van der Waals surface area contributed by atoms with Gasteiger partial charge in [-0.05, 0) is 56.3 Å². The second-order valence-electron chi connectivity index (χ2n) is 12.4. The van der Waals surface area contributed by atoms with Crippen LogP contribution < -0.4 is 0 Å². The first kappa shape index (κ1) is 27.5. The first-order valence-corrected chi connectivity index (χ1v) is 16.4. The molecule has 0 aliphatic rings. The summed E-state index contributed by atoms with van der Waals surface area (Å²) in [7, 11) is 0. The standard InChI is InChI=1S/C45H27N3O/c1-3-12-28(13-4-1)30-22-23-32-27-33(25-24-31(32)26-30)44-46-43(29-14-5-2-6-15-29)47-45(48-44)38-20-11-19-36-34-16-7-8-17-35(34)40-37-18-9-10-21-39(37)49-42(40)41(36)38/h1-27H. The fraction of sp³-hybridized carbons (Fsp3) is 0. The second kappa shape index (κ2) is 11.0. The Morgan fingerprint density at radius 3 is 1.67 bits per heavy atom. The summed E-state index contributed by atoms with van der Waals surface area (Å²) in [6, 6.07) is 56.8. The number of para-hydroxylation sites is 1. The Morgan fingerprint density at radius 1 is 0.347 bits per heavy atom. The van der Waals surface area contributed by atoms with E-state index in [4.69, 9.17) is 19.4 Å². The average Bonchev–Trinajstić information content (AvgIpc) is 3.58. The van der Waals surface area contributed by atoms with Crippen LogP contribution in [0.3, 0.4) is 0 Å². The Balaban J connectivity index is 1.22. The second-order valence-corrected chi connectivity index (χ2v) is 12.4. The molecule has 0 amide bonds. The third-order valence-electron chi connectivity index (χ3n) is 9.49. The third-order valence-corrected chi connectivity index (χ3v) is 9.49. The number of hydrogen-bond acceptors (Lipinski definition) is 4. The fourth-order valence-electron chi connectivity index (χ4n) is 7.17. The van der Waals surface area contributed by atoms with Gasteiger partial charge in [-0.3, -0.25) is 0 Å². The number of rotatable bonds is 4. The third kappa shape index (κ3) is 4.49. The lowest BCUT2D eigenvalue weighted by Crippen LogP contribution is -2.00. The molecule has 0 saturated heterocycles. The van der Waals surface area contributed by atoms with Gasteiger partial charge in [0.2, 0.25) is 0 Å². The van der Waals surface area contributed by atoms with Gasteiger partial charge in [0, 0.05) is 32.8 Å². The topological polar surface area (TPSA) is 51.8 Å². The van der Waals surface area contributed by atoms with Gasteiger partial charge in [0.15, 0.2) is 17.5 Å². The minimum atomic E-state index is 0.603. The van der Waals surface area contributed by atoms with Crippen LogP contribution in [0, 0.1) is 0 Å². The number of hydrogen-bond donors (Lipinski definition) is 0. The predicted molar refractivity (Wildman–Crippen MR) is 201 cm³/mol. The monoisotopic (exact) mass is 625 g/mol. The molecule has 4 nitrogen and oxygen atoms in total. The van der Waals surface area contributed by atoms with Gasteiger partial charge in [-0.25, -0.2) is 15.0 Å². The zero-order chi connectivity index (χ0) is 32.3. The van der Waals surface area contributed by atoms with Crippen LogP contribution in [0.15, 0.2) is 168 Å². The lowest BCUT2D eigenvalue weighted by Gasteiger charge is -2.13. The van der Waals surface area contributed by atoms with Gasteiger partial charge in [0.1, 0.15) is 11.2 Å². The van der Waals surface area contributed by atoms with Crippen molar-refractivity contribution in [2.45, 2.75) is 0 Å². The van der Waals surface area contributed by atoms with Crippen molar-refractivity contribution in [3.05, 3.63) is 164 Å². The molecular formula is C45H27N3O. The van der Waals surface area contributed by atoms with Gasteiger partial charge < -0.3 is 4.42 Å². The molecule has 0 aliphatic heterocycles. The van der Waals surface area contributed by atoms with Gasteiger partial charge in [-0.2, -0.15) is 0 Å². The quantitative estimate of drug-likeness (QED) is 0.183. The Kier molecular flexibility index (Phi) is 6.15. The Labute approximate surface area is 282 Å². The van der Waals surface area contributed by atoms with Crippen molar-refractivity contribution in [2.75, 3.05) is 0 Å². The van der Waals surface area contributed by atoms with Crippen molar-refractivity contribution in [1.29, 1.82) is 0 Å². The summed E-state index contributed by atoms with van der Waals surface area (Å²) in [5, 5.41) is 8.92. The Bertz CT molecular complexity index is 2880. The molecular weight excluding hydrogens is 599 g/mol. The summed E-state index contributed by atoms with van der Waals surface area (Å²) in [4.78, 5) is 15.4. The van der Waals surface area contributed by atoms with E-state index >= 15 is 0 Å². The van der Waals surface area contributed by atoms with E-state index in [1.807, 2.05) is 48.5 Å². The van der Waals surface area contributed by atoms with Crippen molar-refractivity contribution in [3.8, 4) is 45.3 Å². The lowest BCUT2D eigenvalue weighted by atomic mass is 9.94. The molecule has 4 heteroatoms. The summed E-state index contributed by atoms with van der Waals surface area (Å²) in [5.74, 6) is 1.85. The van der Waals surface area contributed by atoms with E-state index in [2.05, 4.69) is 115 Å². The maximum atomic E-state index is 6.68. The van der Waals surface area contributed by atoms with Crippen molar-refractivity contribution in [1.82, 2.24) is 15.0 Å². The number of furan rings is 1. The highest BCUT2D eigenvalue weighted by Gasteiger charge is 2.21. The maximum absolute atomic E-state index is 6.68. The number of nitrogens with zero attached hydrogens (tertiary/aromatic N) is 3. The van der Waals surface area contributed by atoms with Crippen LogP contribution in [0.4, 0.5) is 0 Å². The summed E-state index contributed by atoms with van der Waals surface area (Å²) < 4.78 is 6.68. The van der Waals surface area contributed by atoms with Crippen LogP contribution in [-0.2, 0) is 0 Å². The first-order valence-electron chi connectivity index (χ1n) is 16.4. The van der Waals surface area contributed by atoms with Gasteiger partial charge >= 0.3 is 0 Å². The van der Waals surface area contributed by atoms with Crippen LogP contribution in [0.1, 0.15) is 0 Å². The van der Waals surface area contributed by atoms with E-state index in [-0.39, 0.29) is 0 Å². The zero-order valence-electron chi connectivity index (χ0n) is 26.3. The van der Waals surface area contributed by atoms with Gasteiger partial charge in [-0.15, -0.1) is 0 Å². The molecule has 0 bridgehead atoms. The van der Waals surface area contributed by atoms with Gasteiger partial charge in [0.05, 0.1) is 0 Å². The average molecular weight is 626 g/mol. The largest absolute Gasteiger partial charge is 0.455 e. The van der Waals surface area contributed by atoms with Crippen LogP contribution >= 0.6 is 0 Å². The molecule has 10 rings (SSSR count). The minimum Gasteiger partial charge on any atom is -0.455 e. The summed E-state index contributed by atoms with van der Waals surface area (Å²) in [5.41, 5.74) is 6.85. The molecule has 228 valence electrons. The van der Waals surface area contributed by atoms with Crippen molar-refractivity contribution in [3.63, 3.8) is 0 Å². The fourth-order valence-corrected chi connectivity index (χ4v) is 7.17. The minimum absolute atomic E-state index is 0.603. The van der Waals surface area contributed by atoms with E-state index in [1.165, 1.54) is 21.9 Å². The molecule has 49 heavy (non-hydrogen) atoms. The molecule has 8 aromatic carbocycles. The SMILES string of the molecule is c1ccc(-c2ccc3cc(-c4nc(-c5ccccc5)nc(-c5cccc6c7ccccc7c7c8ccccc8oc7c56)n4)ccc3c2)cc1. The van der Waals surface area contributed by atoms with Gasteiger partial charge in [0.25, 0.3) is 0 Å². The van der Waals surface area contributed by atoms with E-state index in [0.29, 0.717) is 17.5 Å². The summed E-state index contributed by atoms with van der Waals surface area (Å²) >= 11 is 0. The number of aromatic nitrogens is 3. The number of benzene rings is 8. The lowest BCUT2D eigenvalue weighted by molar-refractivity contribution is 0.673. The first-order chi connectivity index (χ1) is 24.3. The predicted octanol–water partition coefficient (Wildman–Crippen LogP) is 11.9. The summed E-state index contributed by atoms with van der Waals surface area (Å²) in [6.45, 7) is 0. The molecule has 0 unspecified atom stereocenters.